The molecule has 0 unspecified atom stereocenters. The Kier molecular flexibility index (Phi) is 4.86. The first-order valence-electron chi connectivity index (χ1n) is 6.26. The first-order chi connectivity index (χ1) is 9.10. The number of halogens is 2. The fourth-order valence-corrected chi connectivity index (χ4v) is 2.50. The molecule has 0 bridgehead atoms. The summed E-state index contributed by atoms with van der Waals surface area (Å²) in [6, 6.07) is 5.56. The van der Waals surface area contributed by atoms with Crippen molar-refractivity contribution >= 4 is 23.2 Å². The van der Waals surface area contributed by atoms with E-state index in [1.54, 1.807) is 6.07 Å². The molecule has 19 heavy (non-hydrogen) atoms. The summed E-state index contributed by atoms with van der Waals surface area (Å²) in [6.07, 6.45) is 2.99. The number of aromatic nitrogens is 2. The minimum absolute atomic E-state index is 0.661. The SMILES string of the molecule is CCc1nn(C)cc1CNCc1ccc(Cl)cc1Cl. The van der Waals surface area contributed by atoms with Crippen LogP contribution in [-0.2, 0) is 26.6 Å². The molecule has 1 aromatic carbocycles. The van der Waals surface area contributed by atoms with Crippen LogP contribution < -0.4 is 5.32 Å². The lowest BCUT2D eigenvalue weighted by molar-refractivity contribution is 0.688. The van der Waals surface area contributed by atoms with E-state index in [0.717, 1.165) is 24.2 Å². The van der Waals surface area contributed by atoms with Gasteiger partial charge in [0, 0.05) is 41.9 Å². The molecule has 0 saturated carbocycles. The van der Waals surface area contributed by atoms with Gasteiger partial charge in [-0.25, -0.2) is 0 Å². The van der Waals surface area contributed by atoms with Crippen molar-refractivity contribution in [1.29, 1.82) is 0 Å². The molecule has 0 radical (unpaired) electrons. The standard InChI is InChI=1S/C14H17Cl2N3/c1-3-14-11(9-19(2)18-14)8-17-7-10-4-5-12(15)6-13(10)16/h4-6,9,17H,3,7-8H2,1-2H3. The summed E-state index contributed by atoms with van der Waals surface area (Å²) in [5.74, 6) is 0. The van der Waals surface area contributed by atoms with Gasteiger partial charge in [0.15, 0.2) is 0 Å². The first-order valence-corrected chi connectivity index (χ1v) is 7.01. The molecule has 0 saturated heterocycles. The molecule has 0 aliphatic heterocycles. The number of nitrogens with zero attached hydrogens (tertiary/aromatic N) is 2. The van der Waals surface area contributed by atoms with Crippen molar-refractivity contribution in [3.05, 3.63) is 51.3 Å². The van der Waals surface area contributed by atoms with Gasteiger partial charge in [-0.3, -0.25) is 4.68 Å². The summed E-state index contributed by atoms with van der Waals surface area (Å²) in [5.41, 5.74) is 3.42. The van der Waals surface area contributed by atoms with Crippen molar-refractivity contribution < 1.29 is 0 Å². The highest BCUT2D eigenvalue weighted by Gasteiger charge is 2.06. The van der Waals surface area contributed by atoms with Crippen LogP contribution in [0, 0.1) is 0 Å². The minimum atomic E-state index is 0.661. The summed E-state index contributed by atoms with van der Waals surface area (Å²) in [6.45, 7) is 3.62. The van der Waals surface area contributed by atoms with E-state index in [-0.39, 0.29) is 0 Å². The monoisotopic (exact) mass is 297 g/mol. The molecule has 0 fully saturated rings. The number of hydrogen-bond acceptors (Lipinski definition) is 2. The van der Waals surface area contributed by atoms with Crippen LogP contribution in [0.4, 0.5) is 0 Å². The fourth-order valence-electron chi connectivity index (χ4n) is 2.03. The zero-order valence-electron chi connectivity index (χ0n) is 11.1. The Bertz CT molecular complexity index is 564. The molecule has 0 aliphatic rings. The van der Waals surface area contributed by atoms with E-state index in [4.69, 9.17) is 23.2 Å². The summed E-state index contributed by atoms with van der Waals surface area (Å²) < 4.78 is 1.85. The smallest absolute Gasteiger partial charge is 0.0666 e. The molecule has 0 atom stereocenters. The average Bonchev–Trinajstić information content (AvgIpc) is 2.72. The average molecular weight is 298 g/mol. The van der Waals surface area contributed by atoms with E-state index in [2.05, 4.69) is 23.5 Å². The molecule has 2 aromatic rings. The van der Waals surface area contributed by atoms with Gasteiger partial charge in [0.25, 0.3) is 0 Å². The molecule has 5 heteroatoms. The highest BCUT2D eigenvalue weighted by molar-refractivity contribution is 6.35. The Labute approximate surface area is 123 Å². The third kappa shape index (κ3) is 3.72. The topological polar surface area (TPSA) is 29.9 Å². The molecule has 1 N–H and O–H groups in total. The molecule has 2 rings (SSSR count). The predicted molar refractivity (Wildman–Crippen MR) is 79.6 cm³/mol. The summed E-state index contributed by atoms with van der Waals surface area (Å²) in [7, 11) is 1.94. The zero-order valence-corrected chi connectivity index (χ0v) is 12.6. The Morgan fingerprint density at radius 1 is 1.21 bits per heavy atom. The number of aryl methyl sites for hydroxylation is 2. The lowest BCUT2D eigenvalue weighted by Crippen LogP contribution is -2.13. The van der Waals surface area contributed by atoms with Gasteiger partial charge in [-0.1, -0.05) is 36.2 Å². The van der Waals surface area contributed by atoms with E-state index < -0.39 is 0 Å². The second kappa shape index (κ2) is 6.42. The molecule has 0 aliphatic carbocycles. The molecule has 0 amide bonds. The highest BCUT2D eigenvalue weighted by atomic mass is 35.5. The molecule has 1 heterocycles. The van der Waals surface area contributed by atoms with Crippen LogP contribution in [0.3, 0.4) is 0 Å². The molecular weight excluding hydrogens is 281 g/mol. The normalized spacial score (nSPS) is 10.9. The summed E-state index contributed by atoms with van der Waals surface area (Å²) >= 11 is 12.0. The Hall–Kier alpha value is -1.03. The second-order valence-electron chi connectivity index (χ2n) is 4.47. The Morgan fingerprint density at radius 2 is 1.95 bits per heavy atom. The lowest BCUT2D eigenvalue weighted by atomic mass is 10.2. The molecule has 102 valence electrons. The third-order valence-electron chi connectivity index (χ3n) is 2.97. The van der Waals surface area contributed by atoms with Gasteiger partial charge < -0.3 is 5.32 Å². The quantitative estimate of drug-likeness (QED) is 0.914. The van der Waals surface area contributed by atoms with E-state index in [0.29, 0.717) is 16.6 Å². The number of benzene rings is 1. The maximum Gasteiger partial charge on any atom is 0.0666 e. The van der Waals surface area contributed by atoms with Crippen LogP contribution >= 0.6 is 23.2 Å². The van der Waals surface area contributed by atoms with Gasteiger partial charge >= 0.3 is 0 Å². The first kappa shape index (κ1) is 14.4. The summed E-state index contributed by atoms with van der Waals surface area (Å²) in [4.78, 5) is 0. The van der Waals surface area contributed by atoms with Crippen molar-refractivity contribution in [2.75, 3.05) is 0 Å². The van der Waals surface area contributed by atoms with E-state index in [1.807, 2.05) is 23.9 Å². The third-order valence-corrected chi connectivity index (χ3v) is 3.56. The van der Waals surface area contributed by atoms with Gasteiger partial charge in [-0.05, 0) is 24.1 Å². The van der Waals surface area contributed by atoms with Crippen molar-refractivity contribution in [2.24, 2.45) is 7.05 Å². The minimum Gasteiger partial charge on any atom is -0.308 e. The second-order valence-corrected chi connectivity index (χ2v) is 5.31. The van der Waals surface area contributed by atoms with Crippen LogP contribution in [-0.4, -0.2) is 9.78 Å². The van der Waals surface area contributed by atoms with Gasteiger partial charge in [-0.15, -0.1) is 0 Å². The molecular formula is C14H17Cl2N3. The van der Waals surface area contributed by atoms with Crippen molar-refractivity contribution in [1.82, 2.24) is 15.1 Å². The number of hydrogen-bond donors (Lipinski definition) is 1. The Morgan fingerprint density at radius 3 is 2.63 bits per heavy atom. The molecule has 1 aromatic heterocycles. The van der Waals surface area contributed by atoms with Crippen molar-refractivity contribution in [2.45, 2.75) is 26.4 Å². The van der Waals surface area contributed by atoms with E-state index >= 15 is 0 Å². The lowest BCUT2D eigenvalue weighted by Gasteiger charge is -2.07. The van der Waals surface area contributed by atoms with E-state index in [9.17, 15) is 0 Å². The van der Waals surface area contributed by atoms with Crippen LogP contribution in [0.1, 0.15) is 23.7 Å². The van der Waals surface area contributed by atoms with Crippen LogP contribution in [0.5, 0.6) is 0 Å². The summed E-state index contributed by atoms with van der Waals surface area (Å²) in [5, 5.41) is 9.16. The maximum absolute atomic E-state index is 6.13. The molecule has 0 spiro atoms. The van der Waals surface area contributed by atoms with Crippen molar-refractivity contribution in [3.63, 3.8) is 0 Å². The van der Waals surface area contributed by atoms with Crippen LogP contribution in [0.25, 0.3) is 0 Å². The fraction of sp³-hybridized carbons (Fsp3) is 0.357. The van der Waals surface area contributed by atoms with Crippen LogP contribution in [0.2, 0.25) is 10.0 Å². The van der Waals surface area contributed by atoms with Gasteiger partial charge in [-0.2, -0.15) is 5.10 Å². The maximum atomic E-state index is 6.13. The predicted octanol–water partition coefficient (Wildman–Crippen LogP) is 3.58. The Balaban J connectivity index is 1.96. The number of rotatable bonds is 5. The zero-order chi connectivity index (χ0) is 13.8. The van der Waals surface area contributed by atoms with Crippen LogP contribution in [0.15, 0.2) is 24.4 Å². The van der Waals surface area contributed by atoms with Gasteiger partial charge in [0.05, 0.1) is 5.69 Å². The molecule has 3 nitrogen and oxygen atoms in total. The van der Waals surface area contributed by atoms with Gasteiger partial charge in [0.2, 0.25) is 0 Å². The largest absolute Gasteiger partial charge is 0.308 e. The highest BCUT2D eigenvalue weighted by Crippen LogP contribution is 2.20. The van der Waals surface area contributed by atoms with Gasteiger partial charge in [0.1, 0.15) is 0 Å². The van der Waals surface area contributed by atoms with E-state index in [1.165, 1.54) is 5.56 Å². The number of nitrogens with one attached hydrogen (secondary N) is 1. The van der Waals surface area contributed by atoms with Crippen molar-refractivity contribution in [3.8, 4) is 0 Å².